The first kappa shape index (κ1) is 10.7. The molecule has 0 aromatic carbocycles. The Morgan fingerprint density at radius 3 is 3.00 bits per heavy atom. The van der Waals surface area contributed by atoms with Crippen molar-refractivity contribution in [2.24, 2.45) is 10.9 Å². The van der Waals surface area contributed by atoms with Gasteiger partial charge in [-0.05, 0) is 35.7 Å². The summed E-state index contributed by atoms with van der Waals surface area (Å²) < 4.78 is 12.9. The van der Waals surface area contributed by atoms with Gasteiger partial charge in [-0.1, -0.05) is 0 Å². The van der Waals surface area contributed by atoms with E-state index in [9.17, 15) is 4.39 Å². The lowest BCUT2D eigenvalue weighted by Crippen LogP contribution is -2.08. The summed E-state index contributed by atoms with van der Waals surface area (Å²) in [6, 6.07) is 1.70. The van der Waals surface area contributed by atoms with Crippen molar-refractivity contribution >= 4 is 23.3 Å². The molecule has 0 saturated heterocycles. The van der Waals surface area contributed by atoms with Crippen LogP contribution >= 0.6 is 11.6 Å². The van der Waals surface area contributed by atoms with Crippen LogP contribution in [0.5, 0.6) is 0 Å². The van der Waals surface area contributed by atoms with E-state index >= 15 is 0 Å². The maximum absolute atomic E-state index is 12.9. The van der Waals surface area contributed by atoms with Crippen LogP contribution in [0.2, 0.25) is 5.28 Å². The maximum atomic E-state index is 12.9. The minimum atomic E-state index is -0.677. The predicted molar refractivity (Wildman–Crippen MR) is 64.1 cm³/mol. The van der Waals surface area contributed by atoms with Crippen molar-refractivity contribution in [2.75, 3.05) is 11.9 Å². The van der Waals surface area contributed by atoms with E-state index in [-0.39, 0.29) is 11.2 Å². The van der Waals surface area contributed by atoms with Crippen LogP contribution in [0.3, 0.4) is 0 Å². The summed E-state index contributed by atoms with van der Waals surface area (Å²) in [6.45, 7) is 0.576. The zero-order valence-electron chi connectivity index (χ0n) is 8.90. The van der Waals surface area contributed by atoms with Crippen molar-refractivity contribution in [2.45, 2.75) is 12.6 Å². The first-order valence-corrected chi connectivity index (χ1v) is 5.75. The number of aliphatic imine (C=N–C) groups is 1. The molecule has 88 valence electrons. The Labute approximate surface area is 103 Å². The summed E-state index contributed by atoms with van der Waals surface area (Å²) in [5.74, 6) is 1.37. The lowest BCUT2D eigenvalue weighted by atomic mass is 10.2. The molecule has 0 spiro atoms. The molecule has 1 N–H and O–H groups in total. The van der Waals surface area contributed by atoms with Gasteiger partial charge in [-0.2, -0.15) is 0 Å². The third kappa shape index (κ3) is 2.29. The summed E-state index contributed by atoms with van der Waals surface area (Å²) in [4.78, 5) is 12.1. The quantitative estimate of drug-likeness (QED) is 0.822. The molecule has 1 aromatic rings. The molecule has 0 amide bonds. The van der Waals surface area contributed by atoms with Gasteiger partial charge in [0.15, 0.2) is 0 Å². The molecule has 4 nitrogen and oxygen atoms in total. The molecular formula is C11H10ClFN4. The highest BCUT2D eigenvalue weighted by atomic mass is 35.5. The number of hydrogen-bond donors (Lipinski definition) is 1. The average Bonchev–Trinajstić information content (AvgIpc) is 2.85. The van der Waals surface area contributed by atoms with Gasteiger partial charge in [-0.3, -0.25) is 4.99 Å². The number of alkyl halides is 1. The van der Waals surface area contributed by atoms with Crippen LogP contribution in [0.25, 0.3) is 0 Å². The van der Waals surface area contributed by atoms with Gasteiger partial charge in [0.05, 0.1) is 6.54 Å². The number of halogens is 2. The number of amidine groups is 1. The smallest absolute Gasteiger partial charge is 0.224 e. The molecule has 1 fully saturated rings. The van der Waals surface area contributed by atoms with Gasteiger partial charge < -0.3 is 5.32 Å². The van der Waals surface area contributed by atoms with Gasteiger partial charge in [0.2, 0.25) is 5.28 Å². The number of nitrogens with one attached hydrogen (secondary N) is 1. The largest absolute Gasteiger partial charge is 0.325 e. The molecule has 0 unspecified atom stereocenters. The zero-order valence-corrected chi connectivity index (χ0v) is 9.65. The Hall–Kier alpha value is -1.49. The normalized spacial score (nSPS) is 26.5. The van der Waals surface area contributed by atoms with E-state index in [1.807, 2.05) is 6.08 Å². The van der Waals surface area contributed by atoms with Gasteiger partial charge in [0, 0.05) is 12.1 Å². The number of anilines is 1. The molecule has 2 aliphatic rings. The zero-order chi connectivity index (χ0) is 11.8. The Balaban J connectivity index is 1.69. The molecule has 1 aliphatic heterocycles. The van der Waals surface area contributed by atoms with E-state index in [1.54, 1.807) is 12.3 Å². The van der Waals surface area contributed by atoms with Crippen LogP contribution in [0.15, 0.2) is 28.9 Å². The fourth-order valence-corrected chi connectivity index (χ4v) is 1.97. The Bertz CT molecular complexity index is 514. The molecule has 2 atom stereocenters. The summed E-state index contributed by atoms with van der Waals surface area (Å²) in [5.41, 5.74) is 1.06. The number of rotatable bonds is 2. The fourth-order valence-electron chi connectivity index (χ4n) is 1.83. The highest BCUT2D eigenvalue weighted by molar-refractivity contribution is 6.28. The highest BCUT2D eigenvalue weighted by Crippen LogP contribution is 2.41. The van der Waals surface area contributed by atoms with Crippen molar-refractivity contribution in [3.63, 3.8) is 0 Å². The van der Waals surface area contributed by atoms with Crippen LogP contribution in [0.4, 0.5) is 10.2 Å². The molecule has 0 bridgehead atoms. The third-order valence-electron chi connectivity index (χ3n) is 2.83. The first-order valence-electron chi connectivity index (χ1n) is 5.37. The van der Waals surface area contributed by atoms with E-state index in [4.69, 9.17) is 11.6 Å². The molecule has 1 aliphatic carbocycles. The SMILES string of the molecule is F[C@@H]1C[C@H]1C1=CC(Nc2ccnc(Cl)n2)=NC1. The summed E-state index contributed by atoms with van der Waals surface area (Å²) in [6.07, 6.45) is 3.41. The lowest BCUT2D eigenvalue weighted by molar-refractivity contribution is 0.458. The summed E-state index contributed by atoms with van der Waals surface area (Å²) >= 11 is 5.67. The standard InChI is InChI=1S/C11H10ClFN4/c12-11-14-2-1-9(17-11)16-10-3-6(5-15-10)7-4-8(7)13/h1-3,7-8H,4-5H2,(H,14,15,16,17)/t7-,8+/m0/s1. The topological polar surface area (TPSA) is 50.2 Å². The molecule has 3 rings (SSSR count). The number of nitrogens with zero attached hydrogens (tertiary/aromatic N) is 3. The van der Waals surface area contributed by atoms with E-state index in [0.29, 0.717) is 24.6 Å². The molecule has 17 heavy (non-hydrogen) atoms. The molecule has 1 aromatic heterocycles. The van der Waals surface area contributed by atoms with Gasteiger partial charge in [0.25, 0.3) is 0 Å². The number of aromatic nitrogens is 2. The van der Waals surface area contributed by atoms with E-state index in [1.165, 1.54) is 0 Å². The van der Waals surface area contributed by atoms with Crippen molar-refractivity contribution in [1.82, 2.24) is 9.97 Å². The molecule has 2 heterocycles. The monoisotopic (exact) mass is 252 g/mol. The Kier molecular flexibility index (Phi) is 2.55. The van der Waals surface area contributed by atoms with Gasteiger partial charge in [-0.25, -0.2) is 14.4 Å². The minimum absolute atomic E-state index is 0.0760. The molecule has 6 heteroatoms. The van der Waals surface area contributed by atoms with Crippen molar-refractivity contribution < 1.29 is 4.39 Å². The second-order valence-electron chi connectivity index (χ2n) is 4.11. The van der Waals surface area contributed by atoms with Crippen LogP contribution in [0, 0.1) is 5.92 Å². The predicted octanol–water partition coefficient (Wildman–Crippen LogP) is 2.24. The summed E-state index contributed by atoms with van der Waals surface area (Å²) in [7, 11) is 0. The maximum Gasteiger partial charge on any atom is 0.224 e. The third-order valence-corrected chi connectivity index (χ3v) is 3.01. The van der Waals surface area contributed by atoms with Gasteiger partial charge in [0.1, 0.15) is 17.8 Å². The van der Waals surface area contributed by atoms with Gasteiger partial charge in [-0.15, -0.1) is 0 Å². The molecule has 1 saturated carbocycles. The fraction of sp³-hybridized carbons (Fsp3) is 0.364. The van der Waals surface area contributed by atoms with E-state index in [0.717, 1.165) is 5.57 Å². The van der Waals surface area contributed by atoms with Crippen LogP contribution in [-0.4, -0.2) is 28.5 Å². The van der Waals surface area contributed by atoms with E-state index in [2.05, 4.69) is 20.3 Å². The molecular weight excluding hydrogens is 243 g/mol. The minimum Gasteiger partial charge on any atom is -0.325 e. The highest BCUT2D eigenvalue weighted by Gasteiger charge is 2.41. The van der Waals surface area contributed by atoms with Crippen LogP contribution in [0.1, 0.15) is 6.42 Å². The second-order valence-corrected chi connectivity index (χ2v) is 4.45. The van der Waals surface area contributed by atoms with Crippen molar-refractivity contribution in [3.05, 3.63) is 29.2 Å². The second kappa shape index (κ2) is 4.07. The lowest BCUT2D eigenvalue weighted by Gasteiger charge is -2.02. The summed E-state index contributed by atoms with van der Waals surface area (Å²) in [5, 5.41) is 3.21. The molecule has 0 radical (unpaired) electrons. The number of hydrogen-bond acceptors (Lipinski definition) is 4. The van der Waals surface area contributed by atoms with Crippen LogP contribution in [-0.2, 0) is 0 Å². The Morgan fingerprint density at radius 2 is 2.29 bits per heavy atom. The van der Waals surface area contributed by atoms with Crippen LogP contribution < -0.4 is 5.32 Å². The Morgan fingerprint density at radius 1 is 1.47 bits per heavy atom. The van der Waals surface area contributed by atoms with Crippen molar-refractivity contribution in [3.8, 4) is 0 Å². The van der Waals surface area contributed by atoms with E-state index < -0.39 is 6.17 Å². The van der Waals surface area contributed by atoms with Gasteiger partial charge >= 0.3 is 0 Å². The average molecular weight is 253 g/mol. The first-order chi connectivity index (χ1) is 8.22. The van der Waals surface area contributed by atoms with Crippen molar-refractivity contribution in [1.29, 1.82) is 0 Å².